The standard InChI is InChI=1S/C43H24N2OS3/c1-2-8-25(9-3-1)43-44-42-38(49-43)21-20-34-41(42)33-19-16-26(22-35(33)46-34)45(27-14-17-31-29-10-4-6-12-36(29)47-39(31)23-27)28-15-18-32-30-11-5-7-13-37(30)48-40(32)24-28/h1-24H. The third kappa shape index (κ3) is 4.21. The highest BCUT2D eigenvalue weighted by atomic mass is 32.1. The molecule has 0 aliphatic rings. The summed E-state index contributed by atoms with van der Waals surface area (Å²) in [6, 6.07) is 52.3. The summed E-state index contributed by atoms with van der Waals surface area (Å²) in [4.78, 5) is 7.50. The number of benzene rings is 7. The summed E-state index contributed by atoms with van der Waals surface area (Å²) in [6.45, 7) is 0. The van der Waals surface area contributed by atoms with Gasteiger partial charge in [-0.3, -0.25) is 0 Å². The molecule has 4 heterocycles. The van der Waals surface area contributed by atoms with Crippen molar-refractivity contribution in [2.75, 3.05) is 4.90 Å². The van der Waals surface area contributed by atoms with Crippen molar-refractivity contribution in [1.82, 2.24) is 4.98 Å². The van der Waals surface area contributed by atoms with Gasteiger partial charge >= 0.3 is 0 Å². The lowest BCUT2D eigenvalue weighted by Gasteiger charge is -2.25. The molecule has 0 bridgehead atoms. The van der Waals surface area contributed by atoms with Gasteiger partial charge in [-0.15, -0.1) is 34.0 Å². The molecular formula is C43H24N2OS3. The molecule has 0 unspecified atom stereocenters. The summed E-state index contributed by atoms with van der Waals surface area (Å²) in [6.07, 6.45) is 0. The molecule has 0 aliphatic carbocycles. The van der Waals surface area contributed by atoms with Gasteiger partial charge in [0.25, 0.3) is 0 Å². The number of nitrogens with zero attached hydrogens (tertiary/aromatic N) is 2. The fraction of sp³-hybridized carbons (Fsp3) is 0. The highest BCUT2D eigenvalue weighted by molar-refractivity contribution is 7.26. The summed E-state index contributed by atoms with van der Waals surface area (Å²) >= 11 is 5.42. The Labute approximate surface area is 292 Å². The van der Waals surface area contributed by atoms with Crippen LogP contribution in [-0.4, -0.2) is 4.98 Å². The molecule has 0 aliphatic heterocycles. The highest BCUT2D eigenvalue weighted by Crippen LogP contribution is 2.45. The summed E-state index contributed by atoms with van der Waals surface area (Å²) in [7, 11) is 0. The third-order valence-corrected chi connectivity index (χ3v) is 12.8. The number of thiazole rings is 1. The van der Waals surface area contributed by atoms with Gasteiger partial charge in [0.1, 0.15) is 16.2 Å². The lowest BCUT2D eigenvalue weighted by molar-refractivity contribution is 0.669. The molecule has 11 aromatic rings. The lowest BCUT2D eigenvalue weighted by Crippen LogP contribution is -2.09. The summed E-state index contributed by atoms with van der Waals surface area (Å²) in [5.41, 5.74) is 7.12. The van der Waals surface area contributed by atoms with Crippen LogP contribution in [0.2, 0.25) is 0 Å². The number of anilines is 3. The number of hydrogen-bond donors (Lipinski definition) is 0. The van der Waals surface area contributed by atoms with Crippen LogP contribution in [0.15, 0.2) is 150 Å². The first kappa shape index (κ1) is 27.4. The average Bonchev–Trinajstić information content (AvgIpc) is 3.92. The molecule has 49 heavy (non-hydrogen) atoms. The summed E-state index contributed by atoms with van der Waals surface area (Å²) in [5, 5.41) is 8.36. The first-order valence-electron chi connectivity index (χ1n) is 16.2. The van der Waals surface area contributed by atoms with Crippen LogP contribution in [-0.2, 0) is 0 Å². The van der Waals surface area contributed by atoms with Gasteiger partial charge in [-0.1, -0.05) is 78.9 Å². The fourth-order valence-corrected chi connectivity index (χ4v) is 10.5. The Balaban J connectivity index is 1.11. The maximum absolute atomic E-state index is 6.60. The fourth-order valence-electron chi connectivity index (χ4n) is 7.24. The Morgan fingerprint density at radius 3 is 1.67 bits per heavy atom. The SMILES string of the molecule is c1ccc(-c2nc3c(ccc4oc5cc(N(c6ccc7c(c6)sc6ccccc67)c6ccc7c(c6)sc6ccccc67)ccc5c43)s2)cc1. The number of thiophene rings is 2. The van der Waals surface area contributed by atoms with Gasteiger partial charge in [-0.05, 0) is 60.7 Å². The molecule has 0 N–H and O–H groups in total. The minimum absolute atomic E-state index is 0.852. The minimum atomic E-state index is 0.852. The topological polar surface area (TPSA) is 29.3 Å². The van der Waals surface area contributed by atoms with Crippen LogP contribution >= 0.6 is 34.0 Å². The van der Waals surface area contributed by atoms with Crippen LogP contribution in [0.3, 0.4) is 0 Å². The number of aromatic nitrogens is 1. The van der Waals surface area contributed by atoms with E-state index in [2.05, 4.69) is 144 Å². The van der Waals surface area contributed by atoms with Crippen LogP contribution in [0.1, 0.15) is 0 Å². The maximum atomic E-state index is 6.60. The zero-order chi connectivity index (χ0) is 32.1. The minimum Gasteiger partial charge on any atom is -0.456 e. The zero-order valence-electron chi connectivity index (χ0n) is 25.9. The van der Waals surface area contributed by atoms with Crippen molar-refractivity contribution in [1.29, 1.82) is 0 Å². The normalized spacial score (nSPS) is 12.1. The van der Waals surface area contributed by atoms with Crippen LogP contribution in [0.25, 0.3) is 83.1 Å². The molecule has 0 atom stereocenters. The van der Waals surface area contributed by atoms with Crippen molar-refractivity contribution in [3.8, 4) is 10.6 Å². The van der Waals surface area contributed by atoms with Gasteiger partial charge in [0, 0.05) is 74.4 Å². The molecule has 0 saturated carbocycles. The average molecular weight is 681 g/mol. The van der Waals surface area contributed by atoms with Crippen molar-refractivity contribution < 1.29 is 4.42 Å². The zero-order valence-corrected chi connectivity index (χ0v) is 28.3. The van der Waals surface area contributed by atoms with Gasteiger partial charge in [0.05, 0.1) is 15.6 Å². The predicted molar refractivity (Wildman–Crippen MR) is 213 cm³/mol. The quantitative estimate of drug-likeness (QED) is 0.185. The predicted octanol–water partition coefficient (Wildman–Crippen LogP) is 14.1. The summed E-state index contributed by atoms with van der Waals surface area (Å²) < 4.78 is 12.9. The Bertz CT molecular complexity index is 2960. The maximum Gasteiger partial charge on any atom is 0.137 e. The molecule has 11 rings (SSSR count). The van der Waals surface area contributed by atoms with Crippen molar-refractivity contribution in [3.63, 3.8) is 0 Å². The molecule has 0 saturated heterocycles. The van der Waals surface area contributed by atoms with Gasteiger partial charge in [-0.25, -0.2) is 4.98 Å². The second kappa shape index (κ2) is 10.5. The Morgan fingerprint density at radius 1 is 0.429 bits per heavy atom. The third-order valence-electron chi connectivity index (χ3n) is 9.50. The molecule has 0 spiro atoms. The second-order valence-corrected chi connectivity index (χ2v) is 15.5. The van der Waals surface area contributed by atoms with E-state index in [-0.39, 0.29) is 0 Å². The van der Waals surface area contributed by atoms with E-state index in [4.69, 9.17) is 9.40 Å². The first-order valence-corrected chi connectivity index (χ1v) is 18.6. The molecule has 0 amide bonds. The van der Waals surface area contributed by atoms with E-state index in [1.807, 2.05) is 28.7 Å². The van der Waals surface area contributed by atoms with Crippen molar-refractivity contribution in [3.05, 3.63) is 146 Å². The molecule has 7 aromatic carbocycles. The molecule has 0 radical (unpaired) electrons. The van der Waals surface area contributed by atoms with Crippen LogP contribution in [0.4, 0.5) is 17.1 Å². The number of furan rings is 1. The highest BCUT2D eigenvalue weighted by Gasteiger charge is 2.20. The number of hydrogen-bond acceptors (Lipinski definition) is 6. The van der Waals surface area contributed by atoms with E-state index in [0.29, 0.717) is 0 Å². The van der Waals surface area contributed by atoms with Crippen LogP contribution in [0.5, 0.6) is 0 Å². The molecule has 4 aromatic heterocycles. The first-order chi connectivity index (χ1) is 24.2. The van der Waals surface area contributed by atoms with E-state index in [1.54, 1.807) is 11.3 Å². The van der Waals surface area contributed by atoms with Gasteiger partial charge in [-0.2, -0.15) is 0 Å². The smallest absolute Gasteiger partial charge is 0.137 e. The van der Waals surface area contributed by atoms with Crippen molar-refractivity contribution in [2.45, 2.75) is 0 Å². The molecule has 230 valence electrons. The van der Waals surface area contributed by atoms with Crippen molar-refractivity contribution >= 4 is 124 Å². The monoisotopic (exact) mass is 680 g/mol. The van der Waals surface area contributed by atoms with Crippen molar-refractivity contribution in [2.24, 2.45) is 0 Å². The number of rotatable bonds is 4. The van der Waals surface area contributed by atoms with Gasteiger partial charge in [0.2, 0.25) is 0 Å². The Kier molecular flexibility index (Phi) is 5.87. The van der Waals surface area contributed by atoms with E-state index < -0.39 is 0 Å². The molecule has 3 nitrogen and oxygen atoms in total. The van der Waals surface area contributed by atoms with E-state index in [0.717, 1.165) is 59.8 Å². The lowest BCUT2D eigenvalue weighted by atomic mass is 10.1. The second-order valence-electron chi connectivity index (χ2n) is 12.3. The molecular weight excluding hydrogens is 657 g/mol. The summed E-state index contributed by atoms with van der Waals surface area (Å²) in [5.74, 6) is 0. The van der Waals surface area contributed by atoms with Gasteiger partial charge in [0.15, 0.2) is 0 Å². The van der Waals surface area contributed by atoms with Crippen LogP contribution in [0, 0.1) is 0 Å². The van der Waals surface area contributed by atoms with E-state index >= 15 is 0 Å². The van der Waals surface area contributed by atoms with Crippen LogP contribution < -0.4 is 4.90 Å². The molecule has 0 fully saturated rings. The largest absolute Gasteiger partial charge is 0.456 e. The van der Waals surface area contributed by atoms with Gasteiger partial charge < -0.3 is 9.32 Å². The van der Waals surface area contributed by atoms with E-state index in [1.165, 1.54) is 40.3 Å². The van der Waals surface area contributed by atoms with E-state index in [9.17, 15) is 0 Å². The Morgan fingerprint density at radius 2 is 1.00 bits per heavy atom. The Hall–Kier alpha value is -5.53. The molecule has 6 heteroatoms. The number of fused-ring (bicyclic) bond motifs is 11.